The molecule has 0 radical (unpaired) electrons. The topological polar surface area (TPSA) is 47.6 Å². The summed E-state index contributed by atoms with van der Waals surface area (Å²) in [5.74, 6) is -0.193. The highest BCUT2D eigenvalue weighted by Gasteiger charge is 2.30. The van der Waals surface area contributed by atoms with Crippen molar-refractivity contribution in [2.45, 2.75) is 25.0 Å². The average Bonchev–Trinajstić information content (AvgIpc) is 2.65. The second-order valence-corrected chi connectivity index (χ2v) is 3.20. The largest absolute Gasteiger partial charge is 0.464 e. The fraction of sp³-hybridized carbons (Fsp3) is 0.875. The summed E-state index contributed by atoms with van der Waals surface area (Å²) in [6, 6.07) is 0. The van der Waals surface area contributed by atoms with Gasteiger partial charge in [-0.2, -0.15) is 0 Å². The van der Waals surface area contributed by atoms with Crippen LogP contribution in [0.5, 0.6) is 0 Å². The lowest BCUT2D eigenvalue weighted by Crippen LogP contribution is -2.27. The van der Waals surface area contributed by atoms with Crippen LogP contribution in [0, 0.1) is 0 Å². The van der Waals surface area contributed by atoms with E-state index in [1.165, 1.54) is 0 Å². The highest BCUT2D eigenvalue weighted by molar-refractivity contribution is 5.76. The fourth-order valence-electron chi connectivity index (χ4n) is 1.58. The third-order valence-electron chi connectivity index (χ3n) is 2.26. The van der Waals surface area contributed by atoms with Gasteiger partial charge in [-0.15, -0.1) is 0 Å². The maximum Gasteiger partial charge on any atom is 0.335 e. The Hall–Kier alpha value is -0.610. The quantitative estimate of drug-likeness (QED) is 0.578. The van der Waals surface area contributed by atoms with Gasteiger partial charge in [0, 0.05) is 13.0 Å². The van der Waals surface area contributed by atoms with E-state index in [4.69, 9.17) is 9.47 Å². The first-order valence-corrected chi connectivity index (χ1v) is 4.39. The summed E-state index contributed by atoms with van der Waals surface area (Å²) in [5.41, 5.74) is 0. The van der Waals surface area contributed by atoms with Gasteiger partial charge in [0.1, 0.15) is 0 Å². The van der Waals surface area contributed by atoms with E-state index in [1.807, 2.05) is 0 Å². The SMILES string of the molecule is O=C1OCCC1OC1CCNC1. The average molecular weight is 171 g/mol. The van der Waals surface area contributed by atoms with Crippen LogP contribution in [0.4, 0.5) is 0 Å². The molecule has 68 valence electrons. The summed E-state index contributed by atoms with van der Waals surface area (Å²) < 4.78 is 10.3. The van der Waals surface area contributed by atoms with Crippen molar-refractivity contribution in [2.24, 2.45) is 0 Å². The Morgan fingerprint density at radius 2 is 2.42 bits per heavy atom. The Balaban J connectivity index is 1.81. The third-order valence-corrected chi connectivity index (χ3v) is 2.26. The monoisotopic (exact) mass is 171 g/mol. The molecule has 2 aliphatic heterocycles. The van der Waals surface area contributed by atoms with E-state index in [2.05, 4.69) is 5.32 Å². The zero-order valence-electron chi connectivity index (χ0n) is 6.91. The van der Waals surface area contributed by atoms with Crippen molar-refractivity contribution in [3.63, 3.8) is 0 Å². The van der Waals surface area contributed by atoms with Crippen molar-refractivity contribution in [1.29, 1.82) is 0 Å². The Morgan fingerprint density at radius 1 is 1.50 bits per heavy atom. The molecule has 2 saturated heterocycles. The molecule has 2 atom stereocenters. The smallest absolute Gasteiger partial charge is 0.335 e. The van der Waals surface area contributed by atoms with Gasteiger partial charge in [0.05, 0.1) is 12.7 Å². The second kappa shape index (κ2) is 3.41. The van der Waals surface area contributed by atoms with Crippen LogP contribution < -0.4 is 5.32 Å². The highest BCUT2D eigenvalue weighted by atomic mass is 16.6. The van der Waals surface area contributed by atoms with E-state index in [0.717, 1.165) is 25.9 Å². The normalized spacial score (nSPS) is 35.5. The van der Waals surface area contributed by atoms with Crippen LogP contribution in [0.25, 0.3) is 0 Å². The Morgan fingerprint density at radius 3 is 3.00 bits per heavy atom. The van der Waals surface area contributed by atoms with Gasteiger partial charge in [-0.3, -0.25) is 0 Å². The lowest BCUT2D eigenvalue weighted by molar-refractivity contribution is -0.149. The van der Waals surface area contributed by atoms with Crippen molar-refractivity contribution in [3.05, 3.63) is 0 Å². The molecule has 4 heteroatoms. The molecule has 0 spiro atoms. The minimum atomic E-state index is -0.296. The molecule has 1 N–H and O–H groups in total. The number of hydrogen-bond donors (Lipinski definition) is 1. The Kier molecular flexibility index (Phi) is 2.28. The van der Waals surface area contributed by atoms with Crippen molar-refractivity contribution in [3.8, 4) is 0 Å². The van der Waals surface area contributed by atoms with Gasteiger partial charge in [-0.05, 0) is 13.0 Å². The summed E-state index contributed by atoms with van der Waals surface area (Å²) in [6.45, 7) is 2.37. The maximum absolute atomic E-state index is 11.0. The zero-order valence-corrected chi connectivity index (χ0v) is 6.91. The summed E-state index contributed by atoms with van der Waals surface area (Å²) >= 11 is 0. The fourth-order valence-corrected chi connectivity index (χ4v) is 1.58. The zero-order chi connectivity index (χ0) is 8.39. The molecule has 2 heterocycles. The molecule has 0 bridgehead atoms. The molecular formula is C8H13NO3. The van der Waals surface area contributed by atoms with E-state index in [9.17, 15) is 4.79 Å². The standard InChI is InChI=1S/C8H13NO3/c10-8-7(2-4-11-8)12-6-1-3-9-5-6/h6-7,9H,1-5H2. The van der Waals surface area contributed by atoms with Crippen LogP contribution >= 0.6 is 0 Å². The number of cyclic esters (lactones) is 1. The van der Waals surface area contributed by atoms with Crippen molar-refractivity contribution < 1.29 is 14.3 Å². The number of nitrogens with one attached hydrogen (secondary N) is 1. The predicted octanol–water partition coefficient (Wildman–Crippen LogP) is -0.320. The number of carbonyl (C=O) groups excluding carboxylic acids is 1. The molecular weight excluding hydrogens is 158 g/mol. The Bertz CT molecular complexity index is 177. The van der Waals surface area contributed by atoms with Gasteiger partial charge in [-0.25, -0.2) is 4.79 Å². The number of esters is 1. The molecule has 0 amide bonds. The lowest BCUT2D eigenvalue weighted by atomic mass is 10.2. The molecule has 0 aromatic rings. The molecule has 2 aliphatic rings. The van der Waals surface area contributed by atoms with E-state index in [1.54, 1.807) is 0 Å². The van der Waals surface area contributed by atoms with E-state index < -0.39 is 0 Å². The van der Waals surface area contributed by atoms with Crippen molar-refractivity contribution in [2.75, 3.05) is 19.7 Å². The Labute approximate surface area is 71.2 Å². The first kappa shape index (κ1) is 8.01. The number of hydrogen-bond acceptors (Lipinski definition) is 4. The molecule has 2 rings (SSSR count). The molecule has 0 aromatic carbocycles. The number of rotatable bonds is 2. The first-order chi connectivity index (χ1) is 5.86. The summed E-state index contributed by atoms with van der Waals surface area (Å²) in [6.07, 6.45) is 1.63. The van der Waals surface area contributed by atoms with Crippen LogP contribution in [-0.4, -0.2) is 37.9 Å². The predicted molar refractivity (Wildman–Crippen MR) is 41.7 cm³/mol. The number of carbonyl (C=O) groups is 1. The number of ether oxygens (including phenoxy) is 2. The van der Waals surface area contributed by atoms with Gasteiger partial charge in [-0.1, -0.05) is 0 Å². The highest BCUT2D eigenvalue weighted by Crippen LogP contribution is 2.15. The third kappa shape index (κ3) is 1.59. The van der Waals surface area contributed by atoms with Crippen LogP contribution in [0.2, 0.25) is 0 Å². The van der Waals surface area contributed by atoms with Gasteiger partial charge >= 0.3 is 5.97 Å². The summed E-state index contributed by atoms with van der Waals surface area (Å²) in [7, 11) is 0. The van der Waals surface area contributed by atoms with Gasteiger partial charge in [0.2, 0.25) is 0 Å². The van der Waals surface area contributed by atoms with Gasteiger partial charge in [0.15, 0.2) is 6.10 Å². The van der Waals surface area contributed by atoms with Crippen molar-refractivity contribution >= 4 is 5.97 Å². The summed E-state index contributed by atoms with van der Waals surface area (Å²) in [5, 5.41) is 3.18. The molecule has 12 heavy (non-hydrogen) atoms. The molecule has 0 saturated carbocycles. The molecule has 0 aliphatic carbocycles. The summed E-state index contributed by atoms with van der Waals surface area (Å²) in [4.78, 5) is 11.0. The minimum absolute atomic E-state index is 0.193. The minimum Gasteiger partial charge on any atom is -0.464 e. The van der Waals surface area contributed by atoms with Crippen molar-refractivity contribution in [1.82, 2.24) is 5.32 Å². The molecule has 2 fully saturated rings. The van der Waals surface area contributed by atoms with E-state index in [0.29, 0.717) is 6.61 Å². The van der Waals surface area contributed by atoms with E-state index in [-0.39, 0.29) is 18.2 Å². The van der Waals surface area contributed by atoms with E-state index >= 15 is 0 Å². The van der Waals surface area contributed by atoms with Gasteiger partial charge < -0.3 is 14.8 Å². The first-order valence-electron chi connectivity index (χ1n) is 4.39. The van der Waals surface area contributed by atoms with Crippen LogP contribution in [-0.2, 0) is 14.3 Å². The second-order valence-electron chi connectivity index (χ2n) is 3.20. The lowest BCUT2D eigenvalue weighted by Gasteiger charge is -2.13. The van der Waals surface area contributed by atoms with Crippen LogP contribution in [0.1, 0.15) is 12.8 Å². The molecule has 2 unspecified atom stereocenters. The van der Waals surface area contributed by atoms with Gasteiger partial charge in [0.25, 0.3) is 0 Å². The van der Waals surface area contributed by atoms with Crippen LogP contribution in [0.3, 0.4) is 0 Å². The molecule has 4 nitrogen and oxygen atoms in total. The maximum atomic E-state index is 11.0. The molecule has 0 aromatic heterocycles. The van der Waals surface area contributed by atoms with Crippen LogP contribution in [0.15, 0.2) is 0 Å².